The number of hydrogen-bond acceptors (Lipinski definition) is 4. The Morgan fingerprint density at radius 3 is 2.62 bits per heavy atom. The molecule has 0 unspecified atom stereocenters. The maximum atomic E-state index is 11.9. The van der Waals surface area contributed by atoms with Crippen molar-refractivity contribution in [3.05, 3.63) is 48.0 Å². The number of imidazole rings is 1. The van der Waals surface area contributed by atoms with Gasteiger partial charge in [-0.05, 0) is 31.5 Å². The minimum absolute atomic E-state index is 0.224. The molecule has 0 aliphatic heterocycles. The van der Waals surface area contributed by atoms with Gasteiger partial charge < -0.3 is 19.9 Å². The van der Waals surface area contributed by atoms with Crippen LogP contribution >= 0.6 is 0 Å². The summed E-state index contributed by atoms with van der Waals surface area (Å²) in [5.41, 5.74) is 2.44. The highest BCUT2D eigenvalue weighted by Crippen LogP contribution is 2.10. The first kappa shape index (κ1) is 17.5. The van der Waals surface area contributed by atoms with Crippen LogP contribution in [0.2, 0.25) is 0 Å². The number of hydrogen-bond donors (Lipinski definition) is 2. The third-order valence-electron chi connectivity index (χ3n) is 3.43. The zero-order chi connectivity index (χ0) is 17.4. The van der Waals surface area contributed by atoms with Gasteiger partial charge in [-0.25, -0.2) is 9.78 Å². The summed E-state index contributed by atoms with van der Waals surface area (Å²) in [6.07, 6.45) is 3.69. The fourth-order valence-corrected chi connectivity index (χ4v) is 2.21. The Labute approximate surface area is 141 Å². The van der Waals surface area contributed by atoms with E-state index in [-0.39, 0.29) is 18.4 Å². The van der Waals surface area contributed by atoms with Gasteiger partial charge >= 0.3 is 12.0 Å². The Kier molecular flexibility index (Phi) is 6.36. The molecule has 0 aliphatic rings. The molecule has 0 radical (unpaired) electrons. The van der Waals surface area contributed by atoms with E-state index in [4.69, 9.17) is 4.74 Å². The molecular formula is C17H22N4O3. The van der Waals surface area contributed by atoms with Gasteiger partial charge in [0, 0.05) is 18.4 Å². The van der Waals surface area contributed by atoms with Crippen LogP contribution in [-0.2, 0) is 29.0 Å². The van der Waals surface area contributed by atoms with E-state index in [9.17, 15) is 9.59 Å². The summed E-state index contributed by atoms with van der Waals surface area (Å²) in [6, 6.07) is 6.80. The summed E-state index contributed by atoms with van der Waals surface area (Å²) in [5.74, 6) is -0.261. The van der Waals surface area contributed by atoms with Crippen LogP contribution < -0.4 is 10.6 Å². The molecule has 1 aromatic carbocycles. The van der Waals surface area contributed by atoms with E-state index >= 15 is 0 Å². The van der Waals surface area contributed by atoms with Crippen LogP contribution in [0.15, 0.2) is 36.8 Å². The molecule has 0 atom stereocenters. The smallest absolute Gasteiger partial charge is 0.319 e. The van der Waals surface area contributed by atoms with Crippen molar-refractivity contribution in [2.45, 2.75) is 33.4 Å². The lowest BCUT2D eigenvalue weighted by Crippen LogP contribution is -2.29. The van der Waals surface area contributed by atoms with Crippen LogP contribution in [0.5, 0.6) is 0 Å². The average Bonchev–Trinajstić information content (AvgIpc) is 3.02. The average molecular weight is 330 g/mol. The standard InChI is InChI=1S/C17H22N4O3/c1-3-21-12-18-10-15(21)11-19-17(23)20-14-7-5-13(6-8-14)9-16(22)24-4-2/h5-8,10,12H,3-4,9,11H2,1-2H3,(H2,19,20,23). The van der Waals surface area contributed by atoms with Crippen LogP contribution in [0.25, 0.3) is 0 Å². The summed E-state index contributed by atoms with van der Waals surface area (Å²) in [6.45, 7) is 5.37. The number of rotatable bonds is 7. The number of urea groups is 1. The van der Waals surface area contributed by atoms with E-state index in [1.54, 1.807) is 43.7 Å². The second-order valence-corrected chi connectivity index (χ2v) is 5.16. The van der Waals surface area contributed by atoms with Crippen molar-refractivity contribution in [3.8, 4) is 0 Å². The highest BCUT2D eigenvalue weighted by atomic mass is 16.5. The molecule has 2 N–H and O–H groups in total. The largest absolute Gasteiger partial charge is 0.466 e. The molecule has 7 nitrogen and oxygen atoms in total. The number of esters is 1. The first-order valence-corrected chi connectivity index (χ1v) is 7.90. The Bertz CT molecular complexity index is 679. The summed E-state index contributed by atoms with van der Waals surface area (Å²) in [7, 11) is 0. The lowest BCUT2D eigenvalue weighted by atomic mass is 10.1. The highest BCUT2D eigenvalue weighted by molar-refractivity contribution is 5.89. The topological polar surface area (TPSA) is 85.2 Å². The Hall–Kier alpha value is -2.83. The van der Waals surface area contributed by atoms with Gasteiger partial charge in [0.15, 0.2) is 0 Å². The van der Waals surface area contributed by atoms with Crippen molar-refractivity contribution in [2.75, 3.05) is 11.9 Å². The van der Waals surface area contributed by atoms with Crippen LogP contribution in [0.4, 0.5) is 10.5 Å². The third kappa shape index (κ3) is 5.12. The van der Waals surface area contributed by atoms with Crippen molar-refractivity contribution in [1.82, 2.24) is 14.9 Å². The molecule has 2 aromatic rings. The number of benzene rings is 1. The molecule has 0 bridgehead atoms. The van der Waals surface area contributed by atoms with Gasteiger partial charge in [0.25, 0.3) is 0 Å². The molecule has 24 heavy (non-hydrogen) atoms. The normalized spacial score (nSPS) is 10.2. The predicted molar refractivity (Wildman–Crippen MR) is 90.5 cm³/mol. The van der Waals surface area contributed by atoms with Gasteiger partial charge in [-0.3, -0.25) is 4.79 Å². The molecule has 1 aromatic heterocycles. The van der Waals surface area contributed by atoms with E-state index < -0.39 is 0 Å². The zero-order valence-electron chi connectivity index (χ0n) is 13.9. The van der Waals surface area contributed by atoms with Gasteiger partial charge in [-0.1, -0.05) is 12.1 Å². The van der Waals surface area contributed by atoms with Crippen LogP contribution in [-0.4, -0.2) is 28.2 Å². The minimum atomic E-state index is -0.294. The monoisotopic (exact) mass is 330 g/mol. The number of nitrogens with zero attached hydrogens (tertiary/aromatic N) is 2. The highest BCUT2D eigenvalue weighted by Gasteiger charge is 2.06. The lowest BCUT2D eigenvalue weighted by molar-refractivity contribution is -0.142. The van der Waals surface area contributed by atoms with E-state index in [1.807, 2.05) is 11.5 Å². The van der Waals surface area contributed by atoms with Gasteiger partial charge in [0.05, 0.1) is 31.6 Å². The van der Waals surface area contributed by atoms with E-state index in [1.165, 1.54) is 0 Å². The van der Waals surface area contributed by atoms with Crippen molar-refractivity contribution in [1.29, 1.82) is 0 Å². The number of carbonyl (C=O) groups is 2. The molecule has 2 amide bonds. The molecule has 128 valence electrons. The van der Waals surface area contributed by atoms with Gasteiger partial charge in [-0.2, -0.15) is 0 Å². The third-order valence-corrected chi connectivity index (χ3v) is 3.43. The molecule has 0 aliphatic carbocycles. The summed E-state index contributed by atoms with van der Waals surface area (Å²) in [4.78, 5) is 27.4. The minimum Gasteiger partial charge on any atom is -0.466 e. The number of aromatic nitrogens is 2. The molecule has 1 heterocycles. The number of anilines is 1. The van der Waals surface area contributed by atoms with Gasteiger partial charge in [-0.15, -0.1) is 0 Å². The van der Waals surface area contributed by atoms with Crippen molar-refractivity contribution in [3.63, 3.8) is 0 Å². The zero-order valence-corrected chi connectivity index (χ0v) is 13.9. The Balaban J connectivity index is 1.82. The molecule has 0 fully saturated rings. The Morgan fingerprint density at radius 2 is 1.96 bits per heavy atom. The lowest BCUT2D eigenvalue weighted by Gasteiger charge is -2.09. The molecule has 0 spiro atoms. The quantitative estimate of drug-likeness (QED) is 0.763. The predicted octanol–water partition coefficient (Wildman–Crippen LogP) is 2.33. The molecular weight excluding hydrogens is 308 g/mol. The van der Waals surface area contributed by atoms with Crippen molar-refractivity contribution >= 4 is 17.7 Å². The fraction of sp³-hybridized carbons (Fsp3) is 0.353. The van der Waals surface area contributed by atoms with E-state index in [0.717, 1.165) is 17.8 Å². The van der Waals surface area contributed by atoms with Crippen molar-refractivity contribution in [2.24, 2.45) is 0 Å². The number of nitrogens with one attached hydrogen (secondary N) is 2. The number of carbonyl (C=O) groups excluding carboxylic acids is 2. The van der Waals surface area contributed by atoms with Gasteiger partial charge in [0.2, 0.25) is 0 Å². The second kappa shape index (κ2) is 8.71. The fourth-order valence-electron chi connectivity index (χ4n) is 2.21. The van der Waals surface area contributed by atoms with Gasteiger partial charge in [0.1, 0.15) is 0 Å². The van der Waals surface area contributed by atoms with E-state index in [0.29, 0.717) is 18.8 Å². The SMILES string of the molecule is CCOC(=O)Cc1ccc(NC(=O)NCc2cncn2CC)cc1. The van der Waals surface area contributed by atoms with Crippen molar-refractivity contribution < 1.29 is 14.3 Å². The summed E-state index contributed by atoms with van der Waals surface area (Å²) < 4.78 is 6.86. The number of aryl methyl sites for hydroxylation is 1. The second-order valence-electron chi connectivity index (χ2n) is 5.16. The first-order chi connectivity index (χ1) is 11.6. The maximum absolute atomic E-state index is 11.9. The summed E-state index contributed by atoms with van der Waals surface area (Å²) in [5, 5.41) is 5.54. The van der Waals surface area contributed by atoms with Crippen LogP contribution in [0.3, 0.4) is 0 Å². The first-order valence-electron chi connectivity index (χ1n) is 7.90. The summed E-state index contributed by atoms with van der Waals surface area (Å²) >= 11 is 0. The molecule has 0 saturated carbocycles. The number of amides is 2. The molecule has 2 rings (SSSR count). The molecule has 7 heteroatoms. The molecule has 0 saturated heterocycles. The number of ether oxygens (including phenoxy) is 1. The maximum Gasteiger partial charge on any atom is 0.319 e. The van der Waals surface area contributed by atoms with Crippen LogP contribution in [0.1, 0.15) is 25.1 Å². The van der Waals surface area contributed by atoms with Crippen LogP contribution in [0, 0.1) is 0 Å². The Morgan fingerprint density at radius 1 is 1.21 bits per heavy atom. The van der Waals surface area contributed by atoms with E-state index in [2.05, 4.69) is 15.6 Å².